The van der Waals surface area contributed by atoms with Crippen molar-refractivity contribution in [3.63, 3.8) is 0 Å². The highest BCUT2D eigenvalue weighted by Crippen LogP contribution is 2.38. The van der Waals surface area contributed by atoms with Gasteiger partial charge in [-0.05, 0) is 48.1 Å². The Bertz CT molecular complexity index is 860. The molecule has 2 aliphatic heterocycles. The Morgan fingerprint density at radius 2 is 1.85 bits per heavy atom. The van der Waals surface area contributed by atoms with Crippen molar-refractivity contribution in [1.29, 1.82) is 0 Å². The van der Waals surface area contributed by atoms with Gasteiger partial charge in [-0.1, -0.05) is 36.4 Å². The molecule has 0 radical (unpaired) electrons. The number of aliphatic imine (C=N–C) groups is 1. The lowest BCUT2D eigenvalue weighted by molar-refractivity contribution is 0.0668. The van der Waals surface area contributed by atoms with E-state index in [0.29, 0.717) is 18.5 Å². The second-order valence-electron chi connectivity index (χ2n) is 7.87. The molecule has 2 aromatic rings. The second kappa shape index (κ2) is 6.64. The maximum Gasteiger partial charge on any atom is 0.288 e. The van der Waals surface area contributed by atoms with E-state index in [9.17, 15) is 4.39 Å². The van der Waals surface area contributed by atoms with E-state index < -0.39 is 0 Å². The number of hydrogen-bond donors (Lipinski definition) is 1. The Morgan fingerprint density at radius 3 is 2.63 bits per heavy atom. The number of rotatable bonds is 2. The molecule has 4 nitrogen and oxygen atoms in total. The molecule has 5 heteroatoms. The van der Waals surface area contributed by atoms with Crippen LogP contribution in [0, 0.1) is 11.7 Å². The van der Waals surface area contributed by atoms with Gasteiger partial charge >= 0.3 is 0 Å². The second-order valence-corrected chi connectivity index (χ2v) is 7.87. The number of fused-ring (bicyclic) bond motifs is 1. The fourth-order valence-corrected chi connectivity index (χ4v) is 4.57. The molecule has 2 N–H and O–H groups in total. The largest absolute Gasteiger partial charge is 0.460 e. The van der Waals surface area contributed by atoms with Gasteiger partial charge in [-0.3, -0.25) is 0 Å². The van der Waals surface area contributed by atoms with E-state index in [1.807, 2.05) is 12.1 Å². The highest BCUT2D eigenvalue weighted by molar-refractivity contribution is 5.77. The van der Waals surface area contributed by atoms with Crippen LogP contribution in [0.3, 0.4) is 0 Å². The Morgan fingerprint density at radius 1 is 1.07 bits per heavy atom. The van der Waals surface area contributed by atoms with Crippen LogP contribution in [-0.4, -0.2) is 36.2 Å². The van der Waals surface area contributed by atoms with Crippen LogP contribution in [0.15, 0.2) is 53.5 Å². The number of hydrogen-bond acceptors (Lipinski definition) is 4. The van der Waals surface area contributed by atoms with E-state index in [2.05, 4.69) is 29.2 Å². The van der Waals surface area contributed by atoms with Gasteiger partial charge in [0.15, 0.2) is 0 Å². The van der Waals surface area contributed by atoms with Gasteiger partial charge in [0.2, 0.25) is 0 Å². The minimum absolute atomic E-state index is 0.00306. The fourth-order valence-electron chi connectivity index (χ4n) is 4.57. The molecule has 0 amide bonds. The molecule has 0 spiro atoms. The van der Waals surface area contributed by atoms with Crippen molar-refractivity contribution in [2.75, 3.05) is 13.1 Å². The van der Waals surface area contributed by atoms with Crippen molar-refractivity contribution in [1.82, 2.24) is 4.90 Å². The van der Waals surface area contributed by atoms with E-state index in [1.165, 1.54) is 23.3 Å². The number of amidine groups is 1. The van der Waals surface area contributed by atoms with Crippen molar-refractivity contribution in [3.8, 4) is 0 Å². The monoisotopic (exact) mass is 365 g/mol. The summed E-state index contributed by atoms with van der Waals surface area (Å²) < 4.78 is 19.8. The van der Waals surface area contributed by atoms with Crippen LogP contribution in [0.5, 0.6) is 0 Å². The van der Waals surface area contributed by atoms with Crippen LogP contribution < -0.4 is 5.73 Å². The molecule has 0 saturated heterocycles. The zero-order chi connectivity index (χ0) is 18.4. The van der Waals surface area contributed by atoms with Gasteiger partial charge in [-0.15, -0.1) is 0 Å². The summed E-state index contributed by atoms with van der Waals surface area (Å²) in [7, 11) is 0. The van der Waals surface area contributed by atoms with Gasteiger partial charge in [-0.2, -0.15) is 0 Å². The Balaban J connectivity index is 1.45. The summed E-state index contributed by atoms with van der Waals surface area (Å²) in [6.07, 6.45) is 3.15. The Hall–Kier alpha value is -2.40. The molecular formula is C22H24FN3O. The molecular weight excluding hydrogens is 341 g/mol. The van der Waals surface area contributed by atoms with Gasteiger partial charge in [0.1, 0.15) is 11.9 Å². The number of benzene rings is 2. The minimum Gasteiger partial charge on any atom is -0.460 e. The summed E-state index contributed by atoms with van der Waals surface area (Å²) in [6.45, 7) is 1.55. The fraction of sp³-hybridized carbons (Fsp3) is 0.409. The molecule has 2 aromatic carbocycles. The van der Waals surface area contributed by atoms with Crippen LogP contribution in [0.2, 0.25) is 0 Å². The van der Waals surface area contributed by atoms with Crippen LogP contribution in [0.1, 0.15) is 35.6 Å². The summed E-state index contributed by atoms with van der Waals surface area (Å²) in [4.78, 5) is 6.98. The Kier molecular flexibility index (Phi) is 4.12. The van der Waals surface area contributed by atoms with Crippen molar-refractivity contribution < 1.29 is 9.13 Å². The van der Waals surface area contributed by atoms with Crippen molar-refractivity contribution in [3.05, 3.63) is 71.0 Å². The SMILES string of the molecule is N[C@H]1C[C@@H]([C@@H]2CN=C(N3CCc4ccccc4[C@@H]3c3ccc(F)cc3)O2)C1. The summed E-state index contributed by atoms with van der Waals surface area (Å²) in [5.74, 6) is 0.299. The molecule has 1 saturated carbocycles. The molecule has 0 unspecified atom stereocenters. The maximum atomic E-state index is 13.5. The van der Waals surface area contributed by atoms with Crippen molar-refractivity contribution in [2.45, 2.75) is 37.5 Å². The van der Waals surface area contributed by atoms with E-state index in [1.54, 1.807) is 0 Å². The van der Waals surface area contributed by atoms with E-state index in [0.717, 1.165) is 37.4 Å². The normalized spacial score (nSPS) is 29.6. The topological polar surface area (TPSA) is 50.8 Å². The number of nitrogens with two attached hydrogens (primary N) is 1. The van der Waals surface area contributed by atoms with Gasteiger partial charge in [0, 0.05) is 18.5 Å². The quantitative estimate of drug-likeness (QED) is 0.889. The lowest BCUT2D eigenvalue weighted by Crippen LogP contribution is -2.45. The first kappa shape index (κ1) is 16.8. The highest BCUT2D eigenvalue weighted by Gasteiger charge is 2.40. The molecule has 0 aromatic heterocycles. The van der Waals surface area contributed by atoms with Gasteiger partial charge in [0.25, 0.3) is 6.02 Å². The van der Waals surface area contributed by atoms with Crippen LogP contribution in [0.25, 0.3) is 0 Å². The summed E-state index contributed by atoms with van der Waals surface area (Å²) in [6, 6.07) is 16.3. The first-order valence-electron chi connectivity index (χ1n) is 9.75. The predicted octanol–water partition coefficient (Wildman–Crippen LogP) is 3.27. The van der Waals surface area contributed by atoms with Gasteiger partial charge in [-0.25, -0.2) is 9.38 Å². The van der Waals surface area contributed by atoms with Crippen molar-refractivity contribution >= 4 is 6.02 Å². The van der Waals surface area contributed by atoms with E-state index in [4.69, 9.17) is 15.5 Å². The third-order valence-electron chi connectivity index (χ3n) is 6.11. The zero-order valence-electron chi connectivity index (χ0n) is 15.2. The molecule has 140 valence electrons. The smallest absolute Gasteiger partial charge is 0.288 e. The summed E-state index contributed by atoms with van der Waals surface area (Å²) in [5, 5.41) is 0. The third kappa shape index (κ3) is 3.00. The minimum atomic E-state index is -0.217. The maximum absolute atomic E-state index is 13.5. The predicted molar refractivity (Wildman–Crippen MR) is 103 cm³/mol. The average molecular weight is 365 g/mol. The van der Waals surface area contributed by atoms with Crippen molar-refractivity contribution in [2.24, 2.45) is 16.6 Å². The lowest BCUT2D eigenvalue weighted by atomic mass is 9.77. The molecule has 0 bridgehead atoms. The van der Waals surface area contributed by atoms with Gasteiger partial charge in [0.05, 0.1) is 12.6 Å². The molecule has 5 rings (SSSR count). The van der Waals surface area contributed by atoms with Crippen LogP contribution in [0.4, 0.5) is 4.39 Å². The molecule has 1 fully saturated rings. The number of nitrogens with zero attached hydrogens (tertiary/aromatic N) is 2. The molecule has 2 heterocycles. The summed E-state index contributed by atoms with van der Waals surface area (Å²) in [5.41, 5.74) is 9.58. The molecule has 1 aliphatic carbocycles. The number of ether oxygens (including phenoxy) is 1. The standard InChI is InChI=1S/C22H24FN3O/c23-17-7-5-15(6-8-17)21-19-4-2-1-3-14(19)9-10-26(21)22-25-13-20(27-22)16-11-18(24)12-16/h1-8,16,18,20-21H,9-13,24H2/t16-,18+,20-,21-/m0/s1. The van der Waals surface area contributed by atoms with Gasteiger partial charge < -0.3 is 15.4 Å². The zero-order valence-corrected chi connectivity index (χ0v) is 15.2. The number of halogens is 1. The molecule has 3 aliphatic rings. The first-order chi connectivity index (χ1) is 13.2. The van der Waals surface area contributed by atoms with E-state index in [-0.39, 0.29) is 18.0 Å². The first-order valence-corrected chi connectivity index (χ1v) is 9.75. The summed E-state index contributed by atoms with van der Waals surface area (Å²) >= 11 is 0. The highest BCUT2D eigenvalue weighted by atomic mass is 19.1. The van der Waals surface area contributed by atoms with E-state index >= 15 is 0 Å². The van der Waals surface area contributed by atoms with Crippen LogP contribution in [-0.2, 0) is 11.2 Å². The molecule has 27 heavy (non-hydrogen) atoms. The lowest BCUT2D eigenvalue weighted by Gasteiger charge is -2.40. The average Bonchev–Trinajstić information content (AvgIpc) is 3.15. The third-order valence-corrected chi connectivity index (χ3v) is 6.11. The molecule has 2 atom stereocenters. The van der Waals surface area contributed by atoms with Crippen LogP contribution >= 0.6 is 0 Å². The Labute approximate surface area is 158 Å².